The molecule has 5 aromatic rings. The van der Waals surface area contributed by atoms with Gasteiger partial charge in [0.15, 0.2) is 23.3 Å². The van der Waals surface area contributed by atoms with Crippen molar-refractivity contribution in [1.29, 1.82) is 0 Å². The van der Waals surface area contributed by atoms with Crippen LogP contribution in [0.25, 0.3) is 45.6 Å². The molecule has 0 saturated heterocycles. The topological polar surface area (TPSA) is 102 Å². The number of ether oxygens (including phenoxy) is 2. The highest BCUT2D eigenvalue weighted by atomic mass is 16.5. The van der Waals surface area contributed by atoms with Gasteiger partial charge in [0.2, 0.25) is 0 Å². The second-order valence-corrected chi connectivity index (χ2v) is 7.00. The Labute approximate surface area is 184 Å². The lowest BCUT2D eigenvalue weighted by Gasteiger charge is -2.11. The van der Waals surface area contributed by atoms with E-state index in [1.54, 1.807) is 20.3 Å². The van der Waals surface area contributed by atoms with Crippen LogP contribution in [-0.4, -0.2) is 44.6 Å². The van der Waals surface area contributed by atoms with Crippen LogP contribution in [0.2, 0.25) is 0 Å². The van der Waals surface area contributed by atoms with Crippen LogP contribution in [0.5, 0.6) is 11.5 Å². The highest BCUT2D eigenvalue weighted by Gasteiger charge is 2.20. The second kappa shape index (κ2) is 8.35. The summed E-state index contributed by atoms with van der Waals surface area (Å²) in [5.41, 5.74) is 3.29. The van der Waals surface area contributed by atoms with Crippen LogP contribution in [0.3, 0.4) is 0 Å². The van der Waals surface area contributed by atoms with Crippen molar-refractivity contribution in [3.63, 3.8) is 0 Å². The SMILES string of the molecule is COc1cc(OC)c(-c2n[nH]c(-c3ccccc3)n2)cc1-c1n[nH]c(-c2ccccc2)n1. The number of aromatic amines is 2. The van der Waals surface area contributed by atoms with Crippen LogP contribution in [0.15, 0.2) is 72.8 Å². The standard InChI is InChI=1S/C24H20N6O2/c1-31-19-14-20(32-2)18(24-26-22(28-30-24)16-11-7-4-8-12-16)13-17(19)23-25-21(27-29-23)15-9-5-3-6-10-15/h3-14H,1-2H3,(H,25,27,29)(H,26,28,30). The normalized spacial score (nSPS) is 10.8. The third kappa shape index (κ3) is 3.58. The minimum Gasteiger partial charge on any atom is -0.496 e. The van der Waals surface area contributed by atoms with E-state index in [-0.39, 0.29) is 0 Å². The first-order chi connectivity index (χ1) is 15.8. The van der Waals surface area contributed by atoms with Crippen LogP contribution in [0.4, 0.5) is 0 Å². The summed E-state index contributed by atoms with van der Waals surface area (Å²) in [6.07, 6.45) is 0. The summed E-state index contributed by atoms with van der Waals surface area (Å²) in [5, 5.41) is 14.8. The van der Waals surface area contributed by atoms with Crippen LogP contribution < -0.4 is 9.47 Å². The molecule has 0 aliphatic heterocycles. The Morgan fingerprint density at radius 2 is 1.03 bits per heavy atom. The van der Waals surface area contributed by atoms with Gasteiger partial charge in [0.1, 0.15) is 11.5 Å². The first kappa shape index (κ1) is 19.5. The molecule has 0 saturated carbocycles. The zero-order chi connectivity index (χ0) is 21.9. The molecule has 158 valence electrons. The number of hydrogen-bond acceptors (Lipinski definition) is 6. The van der Waals surface area contributed by atoms with E-state index in [0.717, 1.165) is 11.1 Å². The molecule has 8 heteroatoms. The molecule has 5 rings (SSSR count). The van der Waals surface area contributed by atoms with Crippen LogP contribution in [0.1, 0.15) is 0 Å². The van der Waals surface area contributed by atoms with Gasteiger partial charge in [-0.05, 0) is 6.07 Å². The van der Waals surface area contributed by atoms with E-state index in [2.05, 4.69) is 30.4 Å². The molecule has 0 aliphatic carbocycles. The number of methoxy groups -OCH3 is 2. The van der Waals surface area contributed by atoms with Crippen molar-refractivity contribution >= 4 is 0 Å². The largest absolute Gasteiger partial charge is 0.496 e. The fourth-order valence-electron chi connectivity index (χ4n) is 3.46. The Morgan fingerprint density at radius 3 is 1.44 bits per heavy atom. The third-order valence-electron chi connectivity index (χ3n) is 5.07. The molecule has 0 spiro atoms. The highest BCUT2D eigenvalue weighted by molar-refractivity contribution is 5.78. The van der Waals surface area contributed by atoms with Crippen molar-refractivity contribution in [3.05, 3.63) is 72.8 Å². The van der Waals surface area contributed by atoms with E-state index < -0.39 is 0 Å². The fourth-order valence-corrected chi connectivity index (χ4v) is 3.46. The van der Waals surface area contributed by atoms with Gasteiger partial charge in [-0.25, -0.2) is 9.97 Å². The molecule has 2 aromatic heterocycles. The lowest BCUT2D eigenvalue weighted by molar-refractivity contribution is 0.396. The van der Waals surface area contributed by atoms with Gasteiger partial charge in [0.25, 0.3) is 0 Å². The highest BCUT2D eigenvalue weighted by Crippen LogP contribution is 2.39. The summed E-state index contributed by atoms with van der Waals surface area (Å²) in [5.74, 6) is 3.52. The molecule has 32 heavy (non-hydrogen) atoms. The van der Waals surface area contributed by atoms with Crippen molar-refractivity contribution < 1.29 is 9.47 Å². The van der Waals surface area contributed by atoms with Gasteiger partial charge in [-0.2, -0.15) is 10.2 Å². The summed E-state index contributed by atoms with van der Waals surface area (Å²) in [7, 11) is 3.20. The lowest BCUT2D eigenvalue weighted by atomic mass is 10.1. The number of nitrogens with zero attached hydrogens (tertiary/aromatic N) is 4. The zero-order valence-corrected chi connectivity index (χ0v) is 17.5. The lowest BCUT2D eigenvalue weighted by Crippen LogP contribution is -1.96. The van der Waals surface area contributed by atoms with Crippen LogP contribution in [-0.2, 0) is 0 Å². The molecule has 8 nitrogen and oxygen atoms in total. The summed E-state index contributed by atoms with van der Waals surface area (Å²) in [6.45, 7) is 0. The monoisotopic (exact) mass is 424 g/mol. The average molecular weight is 424 g/mol. The minimum atomic E-state index is 0.503. The van der Waals surface area contributed by atoms with Gasteiger partial charge >= 0.3 is 0 Å². The maximum atomic E-state index is 5.60. The molecule has 0 fully saturated rings. The number of benzene rings is 3. The Hall–Kier alpha value is -4.46. The van der Waals surface area contributed by atoms with Crippen molar-refractivity contribution in [2.45, 2.75) is 0 Å². The molecule has 0 atom stereocenters. The summed E-state index contributed by atoms with van der Waals surface area (Å²) < 4.78 is 11.2. The number of aromatic nitrogens is 6. The predicted octanol–water partition coefficient (Wildman–Crippen LogP) is 4.61. The van der Waals surface area contributed by atoms with E-state index in [9.17, 15) is 0 Å². The number of nitrogens with one attached hydrogen (secondary N) is 2. The summed E-state index contributed by atoms with van der Waals surface area (Å²) in [4.78, 5) is 9.33. The Morgan fingerprint density at radius 1 is 0.594 bits per heavy atom. The zero-order valence-electron chi connectivity index (χ0n) is 17.5. The third-order valence-corrected chi connectivity index (χ3v) is 5.07. The quantitative estimate of drug-likeness (QED) is 0.413. The van der Waals surface area contributed by atoms with E-state index in [1.165, 1.54) is 0 Å². The maximum absolute atomic E-state index is 5.60. The maximum Gasteiger partial charge on any atom is 0.185 e. The first-order valence-corrected chi connectivity index (χ1v) is 9.99. The first-order valence-electron chi connectivity index (χ1n) is 9.99. The van der Waals surface area contributed by atoms with Crippen molar-refractivity contribution in [2.24, 2.45) is 0 Å². The fraction of sp³-hybridized carbons (Fsp3) is 0.0833. The molecular weight excluding hydrogens is 404 g/mol. The minimum absolute atomic E-state index is 0.503. The molecule has 2 N–H and O–H groups in total. The smallest absolute Gasteiger partial charge is 0.185 e. The molecule has 3 aromatic carbocycles. The van der Waals surface area contributed by atoms with E-state index in [4.69, 9.17) is 9.47 Å². The second-order valence-electron chi connectivity index (χ2n) is 7.00. The van der Waals surface area contributed by atoms with Gasteiger partial charge in [-0.15, -0.1) is 0 Å². The van der Waals surface area contributed by atoms with E-state index >= 15 is 0 Å². The Kier molecular flexibility index (Phi) is 5.09. The Balaban J connectivity index is 1.59. The molecule has 0 radical (unpaired) electrons. The van der Waals surface area contributed by atoms with Crippen molar-refractivity contribution in [2.75, 3.05) is 14.2 Å². The van der Waals surface area contributed by atoms with Gasteiger partial charge in [0, 0.05) is 17.2 Å². The van der Waals surface area contributed by atoms with E-state index in [1.807, 2.05) is 66.7 Å². The van der Waals surface area contributed by atoms with Crippen LogP contribution >= 0.6 is 0 Å². The van der Waals surface area contributed by atoms with Gasteiger partial charge in [-0.1, -0.05) is 60.7 Å². The van der Waals surface area contributed by atoms with Gasteiger partial charge < -0.3 is 9.47 Å². The number of rotatable bonds is 6. The molecular formula is C24H20N6O2. The van der Waals surface area contributed by atoms with Crippen molar-refractivity contribution in [3.8, 4) is 57.1 Å². The summed E-state index contributed by atoms with van der Waals surface area (Å²) >= 11 is 0. The molecule has 0 bridgehead atoms. The Bertz CT molecular complexity index is 1240. The number of hydrogen-bond donors (Lipinski definition) is 2. The van der Waals surface area contributed by atoms with Crippen LogP contribution in [0, 0.1) is 0 Å². The molecule has 2 heterocycles. The van der Waals surface area contributed by atoms with E-state index in [0.29, 0.717) is 45.9 Å². The summed E-state index contributed by atoms with van der Waals surface area (Å²) in [6, 6.07) is 23.3. The molecule has 0 amide bonds. The van der Waals surface area contributed by atoms with Gasteiger partial charge in [0.05, 0.1) is 25.3 Å². The van der Waals surface area contributed by atoms with Gasteiger partial charge in [-0.3, -0.25) is 10.2 Å². The number of H-pyrrole nitrogens is 2. The van der Waals surface area contributed by atoms with Crippen molar-refractivity contribution in [1.82, 2.24) is 30.4 Å². The average Bonchev–Trinajstić information content (AvgIpc) is 3.55. The molecule has 0 aliphatic rings. The predicted molar refractivity (Wildman–Crippen MR) is 121 cm³/mol. The molecule has 0 unspecified atom stereocenters.